The number of rotatable bonds is 7. The molecule has 0 radical (unpaired) electrons. The highest BCUT2D eigenvalue weighted by molar-refractivity contribution is 5.97. The highest BCUT2D eigenvalue weighted by atomic mass is 16.4. The Kier molecular flexibility index (Phi) is 5.93. The van der Waals surface area contributed by atoms with Gasteiger partial charge in [0.15, 0.2) is 5.78 Å². The first-order chi connectivity index (χ1) is 9.32. The van der Waals surface area contributed by atoms with Crippen LogP contribution in [0.2, 0.25) is 0 Å². The molecule has 110 valence electrons. The largest absolute Gasteiger partial charge is 0.481 e. The average Bonchev–Trinajstić information content (AvgIpc) is 2.37. The number of benzene rings is 1. The van der Waals surface area contributed by atoms with Gasteiger partial charge in [0.05, 0.1) is 0 Å². The molecule has 0 spiro atoms. The van der Waals surface area contributed by atoms with Crippen LogP contribution in [-0.2, 0) is 4.79 Å². The quantitative estimate of drug-likeness (QED) is 0.752. The molecular formula is C17H24O3. The Morgan fingerprint density at radius 2 is 1.70 bits per heavy atom. The Balaban J connectivity index is 2.93. The molecule has 1 aromatic carbocycles. The minimum absolute atomic E-state index is 0.0465. The molecule has 20 heavy (non-hydrogen) atoms. The molecular weight excluding hydrogens is 252 g/mol. The number of ketones is 1. The van der Waals surface area contributed by atoms with Gasteiger partial charge >= 0.3 is 5.97 Å². The normalized spacial score (nSPS) is 11.1. The van der Waals surface area contributed by atoms with Gasteiger partial charge in [0.2, 0.25) is 0 Å². The monoisotopic (exact) mass is 276 g/mol. The van der Waals surface area contributed by atoms with Crippen molar-refractivity contribution >= 4 is 11.8 Å². The van der Waals surface area contributed by atoms with Crippen molar-refractivity contribution in [2.45, 2.75) is 58.8 Å². The van der Waals surface area contributed by atoms with E-state index in [1.165, 1.54) is 5.56 Å². The molecule has 3 heteroatoms. The van der Waals surface area contributed by atoms with Gasteiger partial charge in [0.1, 0.15) is 0 Å². The van der Waals surface area contributed by atoms with Gasteiger partial charge < -0.3 is 5.11 Å². The maximum absolute atomic E-state index is 12.2. The number of carbonyl (C=O) groups excluding carboxylic acids is 1. The smallest absolute Gasteiger partial charge is 0.303 e. The maximum atomic E-state index is 12.2. The first-order valence-corrected chi connectivity index (χ1v) is 7.21. The van der Waals surface area contributed by atoms with E-state index < -0.39 is 5.97 Å². The molecule has 3 nitrogen and oxygen atoms in total. The lowest BCUT2D eigenvalue weighted by atomic mass is 9.89. The number of hydrogen-bond donors (Lipinski definition) is 1. The van der Waals surface area contributed by atoms with Crippen LogP contribution in [0, 0.1) is 0 Å². The van der Waals surface area contributed by atoms with E-state index in [1.54, 1.807) is 0 Å². The summed E-state index contributed by atoms with van der Waals surface area (Å²) in [5.41, 5.74) is 3.04. The predicted molar refractivity (Wildman–Crippen MR) is 80.4 cm³/mol. The zero-order valence-corrected chi connectivity index (χ0v) is 12.8. The third-order valence-electron chi connectivity index (χ3n) is 3.46. The standard InChI is InChI=1S/C17H24O3/c1-11(2)13-8-9-14(15(10-13)12(3)4)16(18)6-5-7-17(19)20/h8-12H,5-7H2,1-4H3,(H,19,20). The summed E-state index contributed by atoms with van der Waals surface area (Å²) in [6.45, 7) is 8.42. The van der Waals surface area contributed by atoms with Gasteiger partial charge in [-0.3, -0.25) is 9.59 Å². The van der Waals surface area contributed by atoms with E-state index in [2.05, 4.69) is 33.8 Å². The number of Topliss-reactive ketones (excluding diaryl/α,β-unsaturated/α-hetero) is 1. The molecule has 0 unspecified atom stereocenters. The Bertz CT molecular complexity index is 487. The van der Waals surface area contributed by atoms with E-state index in [1.807, 2.05) is 12.1 Å². The zero-order chi connectivity index (χ0) is 15.3. The van der Waals surface area contributed by atoms with Crippen LogP contribution in [0.25, 0.3) is 0 Å². The second-order valence-electron chi connectivity index (χ2n) is 5.83. The molecule has 0 aliphatic rings. The molecule has 1 rings (SSSR count). The van der Waals surface area contributed by atoms with Crippen molar-refractivity contribution in [1.82, 2.24) is 0 Å². The number of carbonyl (C=O) groups is 2. The fourth-order valence-corrected chi connectivity index (χ4v) is 2.21. The van der Waals surface area contributed by atoms with Crippen LogP contribution in [0.4, 0.5) is 0 Å². The van der Waals surface area contributed by atoms with Gasteiger partial charge in [-0.1, -0.05) is 45.9 Å². The average molecular weight is 276 g/mol. The van der Waals surface area contributed by atoms with Crippen molar-refractivity contribution < 1.29 is 14.7 Å². The first-order valence-electron chi connectivity index (χ1n) is 7.21. The molecule has 0 aliphatic carbocycles. The summed E-state index contributed by atoms with van der Waals surface area (Å²) in [7, 11) is 0. The van der Waals surface area contributed by atoms with Crippen LogP contribution < -0.4 is 0 Å². The molecule has 0 saturated carbocycles. The minimum Gasteiger partial charge on any atom is -0.481 e. The van der Waals surface area contributed by atoms with Gasteiger partial charge in [-0.15, -0.1) is 0 Å². The Morgan fingerprint density at radius 3 is 2.20 bits per heavy atom. The summed E-state index contributed by atoms with van der Waals surface area (Å²) in [5, 5.41) is 8.63. The van der Waals surface area contributed by atoms with Crippen LogP contribution in [0.5, 0.6) is 0 Å². The molecule has 0 heterocycles. The lowest BCUT2D eigenvalue weighted by Crippen LogP contribution is -2.07. The fraction of sp³-hybridized carbons (Fsp3) is 0.529. The van der Waals surface area contributed by atoms with Crippen LogP contribution in [0.15, 0.2) is 18.2 Å². The van der Waals surface area contributed by atoms with Crippen LogP contribution >= 0.6 is 0 Å². The van der Waals surface area contributed by atoms with Crippen LogP contribution in [0.1, 0.15) is 80.3 Å². The second-order valence-corrected chi connectivity index (χ2v) is 5.83. The Morgan fingerprint density at radius 1 is 1.05 bits per heavy atom. The number of carboxylic acid groups (broad SMARTS) is 1. The van der Waals surface area contributed by atoms with Gasteiger partial charge in [-0.05, 0) is 29.4 Å². The predicted octanol–water partition coefficient (Wildman–Crippen LogP) is 4.37. The van der Waals surface area contributed by atoms with Crippen molar-refractivity contribution in [2.24, 2.45) is 0 Å². The molecule has 0 aliphatic heterocycles. The van der Waals surface area contributed by atoms with Gasteiger partial charge in [0.25, 0.3) is 0 Å². The molecule has 1 aromatic rings. The minimum atomic E-state index is -0.850. The van der Waals surface area contributed by atoms with Crippen LogP contribution in [0.3, 0.4) is 0 Å². The first kappa shape index (κ1) is 16.4. The van der Waals surface area contributed by atoms with E-state index in [-0.39, 0.29) is 18.1 Å². The number of aliphatic carboxylic acids is 1. The lowest BCUT2D eigenvalue weighted by molar-refractivity contribution is -0.137. The molecule has 0 amide bonds. The summed E-state index contributed by atoms with van der Waals surface area (Å²) in [4.78, 5) is 22.7. The van der Waals surface area contributed by atoms with Crippen molar-refractivity contribution in [3.8, 4) is 0 Å². The fourth-order valence-electron chi connectivity index (χ4n) is 2.21. The van der Waals surface area contributed by atoms with Gasteiger partial charge in [-0.2, -0.15) is 0 Å². The van der Waals surface area contributed by atoms with Crippen molar-refractivity contribution in [2.75, 3.05) is 0 Å². The molecule has 0 saturated heterocycles. The lowest BCUT2D eigenvalue weighted by Gasteiger charge is -2.15. The maximum Gasteiger partial charge on any atom is 0.303 e. The summed E-state index contributed by atoms with van der Waals surface area (Å²) in [6.07, 6.45) is 0.748. The molecule has 0 atom stereocenters. The van der Waals surface area contributed by atoms with Gasteiger partial charge in [0, 0.05) is 18.4 Å². The number of hydrogen-bond acceptors (Lipinski definition) is 2. The van der Waals surface area contributed by atoms with E-state index in [0.29, 0.717) is 18.8 Å². The molecule has 0 bridgehead atoms. The van der Waals surface area contributed by atoms with E-state index in [9.17, 15) is 9.59 Å². The summed E-state index contributed by atoms with van der Waals surface area (Å²) < 4.78 is 0. The highest BCUT2D eigenvalue weighted by Gasteiger charge is 2.15. The molecule has 1 N–H and O–H groups in total. The summed E-state index contributed by atoms with van der Waals surface area (Å²) in [5.74, 6) is -0.0851. The van der Waals surface area contributed by atoms with E-state index in [0.717, 1.165) is 11.1 Å². The Hall–Kier alpha value is -1.64. The summed E-state index contributed by atoms with van der Waals surface area (Å²) in [6, 6.07) is 6.01. The van der Waals surface area contributed by atoms with Gasteiger partial charge in [-0.25, -0.2) is 0 Å². The second kappa shape index (κ2) is 7.22. The molecule has 0 fully saturated rings. The summed E-state index contributed by atoms with van der Waals surface area (Å²) >= 11 is 0. The van der Waals surface area contributed by atoms with E-state index >= 15 is 0 Å². The van der Waals surface area contributed by atoms with Crippen molar-refractivity contribution in [3.63, 3.8) is 0 Å². The van der Waals surface area contributed by atoms with Crippen molar-refractivity contribution in [1.29, 1.82) is 0 Å². The van der Waals surface area contributed by atoms with Crippen molar-refractivity contribution in [3.05, 3.63) is 34.9 Å². The third-order valence-corrected chi connectivity index (χ3v) is 3.46. The number of carboxylic acids is 1. The SMILES string of the molecule is CC(C)c1ccc(C(=O)CCCC(=O)O)c(C(C)C)c1. The van der Waals surface area contributed by atoms with E-state index in [4.69, 9.17) is 5.11 Å². The highest BCUT2D eigenvalue weighted by Crippen LogP contribution is 2.26. The topological polar surface area (TPSA) is 54.4 Å². The third kappa shape index (κ3) is 4.48. The Labute approximate surface area is 121 Å². The zero-order valence-electron chi connectivity index (χ0n) is 12.8. The molecule has 0 aromatic heterocycles. The van der Waals surface area contributed by atoms with Crippen LogP contribution in [-0.4, -0.2) is 16.9 Å².